The van der Waals surface area contributed by atoms with Crippen molar-refractivity contribution < 1.29 is 14.7 Å². The molecule has 0 bridgehead atoms. The van der Waals surface area contributed by atoms with Gasteiger partial charge in [-0.05, 0) is 34.1 Å². The van der Waals surface area contributed by atoms with Gasteiger partial charge < -0.3 is 10.4 Å². The van der Waals surface area contributed by atoms with E-state index in [-0.39, 0.29) is 10.7 Å². The van der Waals surface area contributed by atoms with Crippen molar-refractivity contribution >= 4 is 56.4 Å². The first-order chi connectivity index (χ1) is 8.97. The summed E-state index contributed by atoms with van der Waals surface area (Å²) < 4.78 is 0.667. The number of carboxylic acids is 1. The van der Waals surface area contributed by atoms with Gasteiger partial charge in [-0.25, -0.2) is 9.78 Å². The van der Waals surface area contributed by atoms with Crippen LogP contribution in [0.15, 0.2) is 28.1 Å². The number of anilines is 1. The fraction of sp³-hybridized carbons (Fsp3) is 0. The molecule has 0 saturated carbocycles. The van der Waals surface area contributed by atoms with E-state index < -0.39 is 11.9 Å². The standard InChI is InChI=1S/C11H6BrClN2O3S/c12-6-2-1-5(13)3-7(6)14-9(16)10-15-8(4-19-10)11(17)18/h1-4H,(H,14,16)(H,17,18). The maximum atomic E-state index is 11.9. The minimum Gasteiger partial charge on any atom is -0.476 e. The van der Waals surface area contributed by atoms with Crippen molar-refractivity contribution in [3.05, 3.63) is 43.8 Å². The van der Waals surface area contributed by atoms with Gasteiger partial charge >= 0.3 is 5.97 Å². The third-order valence-electron chi connectivity index (χ3n) is 2.09. The van der Waals surface area contributed by atoms with Crippen LogP contribution in [-0.2, 0) is 0 Å². The molecule has 5 nitrogen and oxygen atoms in total. The molecule has 1 aromatic heterocycles. The Kier molecular flexibility index (Phi) is 4.18. The summed E-state index contributed by atoms with van der Waals surface area (Å²) in [5.74, 6) is -1.65. The predicted molar refractivity (Wildman–Crippen MR) is 76.2 cm³/mol. The number of halogens is 2. The summed E-state index contributed by atoms with van der Waals surface area (Å²) in [5, 5.41) is 13.2. The van der Waals surface area contributed by atoms with Crippen molar-refractivity contribution in [1.82, 2.24) is 4.98 Å². The summed E-state index contributed by atoms with van der Waals surface area (Å²) in [6.45, 7) is 0. The lowest BCUT2D eigenvalue weighted by Crippen LogP contribution is -2.12. The molecule has 1 amide bonds. The molecular formula is C11H6BrClN2O3S. The summed E-state index contributed by atoms with van der Waals surface area (Å²) in [6.07, 6.45) is 0. The SMILES string of the molecule is O=C(O)c1csc(C(=O)Nc2cc(Cl)ccc2Br)n1. The van der Waals surface area contributed by atoms with Crippen LogP contribution in [0.4, 0.5) is 5.69 Å². The zero-order valence-corrected chi connectivity index (χ0v) is 12.3. The van der Waals surface area contributed by atoms with Gasteiger partial charge in [0.25, 0.3) is 5.91 Å². The van der Waals surface area contributed by atoms with Gasteiger partial charge in [0.2, 0.25) is 0 Å². The molecule has 0 fully saturated rings. The molecular weight excluding hydrogens is 356 g/mol. The van der Waals surface area contributed by atoms with Crippen LogP contribution in [-0.4, -0.2) is 22.0 Å². The number of carbonyl (C=O) groups is 2. The predicted octanol–water partition coefficient (Wildman–Crippen LogP) is 3.51. The molecule has 0 unspecified atom stereocenters. The molecule has 0 aliphatic rings. The van der Waals surface area contributed by atoms with E-state index in [1.807, 2.05) is 0 Å². The molecule has 0 spiro atoms. The minimum atomic E-state index is -1.17. The summed E-state index contributed by atoms with van der Waals surface area (Å²) in [6, 6.07) is 4.95. The quantitative estimate of drug-likeness (QED) is 0.877. The van der Waals surface area contributed by atoms with Gasteiger partial charge in [-0.15, -0.1) is 11.3 Å². The molecule has 0 saturated heterocycles. The average molecular weight is 362 g/mol. The van der Waals surface area contributed by atoms with E-state index >= 15 is 0 Å². The van der Waals surface area contributed by atoms with Gasteiger partial charge in [0, 0.05) is 14.9 Å². The zero-order chi connectivity index (χ0) is 14.0. The molecule has 19 heavy (non-hydrogen) atoms. The van der Waals surface area contributed by atoms with Crippen LogP contribution in [0.5, 0.6) is 0 Å². The number of nitrogens with one attached hydrogen (secondary N) is 1. The molecule has 98 valence electrons. The molecule has 0 radical (unpaired) electrons. The fourth-order valence-corrected chi connectivity index (χ4v) is 2.45. The Morgan fingerprint density at radius 3 is 2.79 bits per heavy atom. The number of nitrogens with zero attached hydrogens (tertiary/aromatic N) is 1. The van der Waals surface area contributed by atoms with E-state index in [0.717, 1.165) is 11.3 Å². The Labute approximate surface area is 125 Å². The number of aromatic nitrogens is 1. The lowest BCUT2D eigenvalue weighted by Gasteiger charge is -2.05. The van der Waals surface area contributed by atoms with Crippen molar-refractivity contribution in [3.8, 4) is 0 Å². The van der Waals surface area contributed by atoms with Crippen LogP contribution in [0.3, 0.4) is 0 Å². The summed E-state index contributed by atoms with van der Waals surface area (Å²) in [7, 11) is 0. The van der Waals surface area contributed by atoms with E-state index in [0.29, 0.717) is 15.2 Å². The van der Waals surface area contributed by atoms with Gasteiger partial charge in [0.05, 0.1) is 5.69 Å². The fourth-order valence-electron chi connectivity index (χ4n) is 1.25. The van der Waals surface area contributed by atoms with Gasteiger partial charge in [-0.1, -0.05) is 11.6 Å². The number of hydrogen-bond acceptors (Lipinski definition) is 4. The second-order valence-corrected chi connectivity index (χ2v) is 5.57. The van der Waals surface area contributed by atoms with E-state index in [1.54, 1.807) is 18.2 Å². The highest BCUT2D eigenvalue weighted by Gasteiger charge is 2.15. The Bertz CT molecular complexity index is 659. The Morgan fingerprint density at radius 1 is 1.42 bits per heavy atom. The summed E-state index contributed by atoms with van der Waals surface area (Å²) in [4.78, 5) is 26.3. The zero-order valence-electron chi connectivity index (χ0n) is 9.18. The Morgan fingerprint density at radius 2 is 2.16 bits per heavy atom. The second kappa shape index (κ2) is 5.68. The minimum absolute atomic E-state index is 0.0734. The number of aromatic carboxylic acids is 1. The molecule has 8 heteroatoms. The van der Waals surface area contributed by atoms with Crippen molar-refractivity contribution in [2.45, 2.75) is 0 Å². The molecule has 1 aromatic carbocycles. The number of carbonyl (C=O) groups excluding carboxylic acids is 1. The number of carboxylic acid groups (broad SMARTS) is 1. The van der Waals surface area contributed by atoms with Crippen LogP contribution >= 0.6 is 38.9 Å². The Hall–Kier alpha value is -1.44. The monoisotopic (exact) mass is 360 g/mol. The molecule has 0 aliphatic carbocycles. The molecule has 0 atom stereocenters. The number of amides is 1. The highest BCUT2D eigenvalue weighted by Crippen LogP contribution is 2.26. The van der Waals surface area contributed by atoms with E-state index in [9.17, 15) is 9.59 Å². The number of thiazole rings is 1. The smallest absolute Gasteiger partial charge is 0.355 e. The highest BCUT2D eigenvalue weighted by molar-refractivity contribution is 9.10. The van der Waals surface area contributed by atoms with E-state index in [1.165, 1.54) is 5.38 Å². The van der Waals surface area contributed by atoms with Gasteiger partial charge in [-0.3, -0.25) is 4.79 Å². The van der Waals surface area contributed by atoms with Crippen LogP contribution < -0.4 is 5.32 Å². The van der Waals surface area contributed by atoms with Gasteiger partial charge in [0.1, 0.15) is 0 Å². The van der Waals surface area contributed by atoms with Crippen LogP contribution in [0.25, 0.3) is 0 Å². The van der Waals surface area contributed by atoms with Crippen LogP contribution in [0, 0.1) is 0 Å². The van der Waals surface area contributed by atoms with Crippen molar-refractivity contribution in [2.24, 2.45) is 0 Å². The number of rotatable bonds is 3. The van der Waals surface area contributed by atoms with Crippen LogP contribution in [0.1, 0.15) is 20.3 Å². The first-order valence-electron chi connectivity index (χ1n) is 4.92. The third kappa shape index (κ3) is 3.31. The van der Waals surface area contributed by atoms with E-state index in [2.05, 4.69) is 26.2 Å². The normalized spacial score (nSPS) is 10.2. The van der Waals surface area contributed by atoms with Crippen molar-refractivity contribution in [1.29, 1.82) is 0 Å². The summed E-state index contributed by atoms with van der Waals surface area (Å²) >= 11 is 10.1. The molecule has 2 rings (SSSR count). The topological polar surface area (TPSA) is 79.3 Å². The molecule has 0 aliphatic heterocycles. The second-order valence-electron chi connectivity index (χ2n) is 3.42. The third-order valence-corrected chi connectivity index (χ3v) is 3.86. The first kappa shape index (κ1) is 14.0. The maximum absolute atomic E-state index is 11.9. The van der Waals surface area contributed by atoms with E-state index in [4.69, 9.17) is 16.7 Å². The summed E-state index contributed by atoms with van der Waals surface area (Å²) in [5.41, 5.74) is 0.338. The lowest BCUT2D eigenvalue weighted by atomic mass is 10.3. The van der Waals surface area contributed by atoms with Crippen LogP contribution in [0.2, 0.25) is 5.02 Å². The van der Waals surface area contributed by atoms with Gasteiger partial charge in [-0.2, -0.15) is 0 Å². The lowest BCUT2D eigenvalue weighted by molar-refractivity contribution is 0.0691. The molecule has 2 aromatic rings. The van der Waals surface area contributed by atoms with Crippen molar-refractivity contribution in [2.75, 3.05) is 5.32 Å². The van der Waals surface area contributed by atoms with Gasteiger partial charge in [0.15, 0.2) is 10.7 Å². The first-order valence-corrected chi connectivity index (χ1v) is 6.97. The van der Waals surface area contributed by atoms with Crippen molar-refractivity contribution in [3.63, 3.8) is 0 Å². The largest absolute Gasteiger partial charge is 0.476 e. The highest BCUT2D eigenvalue weighted by atomic mass is 79.9. The number of hydrogen-bond donors (Lipinski definition) is 2. The number of benzene rings is 1. The molecule has 1 heterocycles. The Balaban J connectivity index is 2.20. The maximum Gasteiger partial charge on any atom is 0.355 e. The molecule has 2 N–H and O–H groups in total. The average Bonchev–Trinajstić information content (AvgIpc) is 2.83.